The van der Waals surface area contributed by atoms with Gasteiger partial charge in [-0.15, -0.1) is 0 Å². The van der Waals surface area contributed by atoms with Crippen molar-refractivity contribution in [1.29, 1.82) is 0 Å². The lowest BCUT2D eigenvalue weighted by molar-refractivity contribution is -0.117. The van der Waals surface area contributed by atoms with Gasteiger partial charge in [-0.3, -0.25) is 14.6 Å². The van der Waals surface area contributed by atoms with E-state index in [0.717, 1.165) is 42.6 Å². The number of aromatic nitrogens is 2. The fourth-order valence-electron chi connectivity index (χ4n) is 3.44. The molecule has 1 aromatic carbocycles. The zero-order valence-electron chi connectivity index (χ0n) is 17.1. The summed E-state index contributed by atoms with van der Waals surface area (Å²) in [5, 5.41) is 5.76. The number of carbonyl (C=O) groups excluding carboxylic acids is 2. The van der Waals surface area contributed by atoms with Crippen molar-refractivity contribution in [3.8, 4) is 0 Å². The molecule has 1 heterocycles. The summed E-state index contributed by atoms with van der Waals surface area (Å²) in [6.45, 7) is 8.02. The third-order valence-electron chi connectivity index (χ3n) is 5.22. The number of nitrogens with zero attached hydrogens (tertiary/aromatic N) is 2. The van der Waals surface area contributed by atoms with Crippen LogP contribution in [0.4, 0.5) is 0 Å². The second kappa shape index (κ2) is 9.45. The molecule has 3 rings (SSSR count). The molecule has 1 aromatic heterocycles. The average Bonchev–Trinajstić information content (AvgIpc) is 2.75. The van der Waals surface area contributed by atoms with Crippen molar-refractivity contribution in [3.63, 3.8) is 0 Å². The van der Waals surface area contributed by atoms with E-state index in [1.165, 1.54) is 17.8 Å². The molecule has 152 valence electrons. The van der Waals surface area contributed by atoms with Gasteiger partial charge >= 0.3 is 0 Å². The van der Waals surface area contributed by atoms with E-state index in [2.05, 4.69) is 41.0 Å². The third-order valence-corrected chi connectivity index (χ3v) is 5.22. The van der Waals surface area contributed by atoms with Gasteiger partial charge in [0, 0.05) is 6.54 Å². The number of hydrogen-bond acceptors (Lipinski definition) is 4. The Labute approximate surface area is 171 Å². The normalized spacial score (nSPS) is 14.0. The molecule has 0 saturated carbocycles. The van der Waals surface area contributed by atoms with Gasteiger partial charge in [0.25, 0.3) is 5.91 Å². The second-order valence-corrected chi connectivity index (χ2v) is 7.65. The van der Waals surface area contributed by atoms with Gasteiger partial charge in [0.2, 0.25) is 5.91 Å². The largest absolute Gasteiger partial charge is 0.348 e. The molecule has 0 spiro atoms. The van der Waals surface area contributed by atoms with Crippen LogP contribution in [0.25, 0.3) is 0 Å². The lowest BCUT2D eigenvalue weighted by Gasteiger charge is -2.20. The highest BCUT2D eigenvalue weighted by atomic mass is 16.2. The van der Waals surface area contributed by atoms with E-state index >= 15 is 0 Å². The van der Waals surface area contributed by atoms with Gasteiger partial charge in [0.1, 0.15) is 5.69 Å². The van der Waals surface area contributed by atoms with Crippen molar-refractivity contribution in [2.75, 3.05) is 6.54 Å². The zero-order valence-corrected chi connectivity index (χ0v) is 17.1. The maximum atomic E-state index is 12.6. The predicted octanol–water partition coefficient (Wildman–Crippen LogP) is 3.25. The van der Waals surface area contributed by atoms with Crippen LogP contribution in [0, 0.1) is 0 Å². The van der Waals surface area contributed by atoms with Gasteiger partial charge in [0.15, 0.2) is 0 Å². The van der Waals surface area contributed by atoms with Gasteiger partial charge in [-0.1, -0.05) is 44.7 Å². The molecule has 29 heavy (non-hydrogen) atoms. The quantitative estimate of drug-likeness (QED) is 0.709. The highest BCUT2D eigenvalue weighted by molar-refractivity contribution is 5.92. The van der Waals surface area contributed by atoms with E-state index in [9.17, 15) is 9.59 Å². The summed E-state index contributed by atoms with van der Waals surface area (Å²) in [6.07, 6.45) is 6.75. The van der Waals surface area contributed by atoms with E-state index in [4.69, 9.17) is 0 Å². The first-order valence-corrected chi connectivity index (χ1v) is 10.1. The number of carbonyl (C=O) groups is 2. The molecule has 0 fully saturated rings. The number of nitrogens with one attached hydrogen (secondary N) is 2. The Bertz CT molecular complexity index is 890. The minimum absolute atomic E-state index is 0.248. The molecule has 2 aromatic rings. The summed E-state index contributed by atoms with van der Waals surface area (Å²) in [5.74, 6) is -0.152. The van der Waals surface area contributed by atoms with Crippen molar-refractivity contribution < 1.29 is 9.59 Å². The molecule has 6 nitrogen and oxygen atoms in total. The fourth-order valence-corrected chi connectivity index (χ4v) is 3.44. The van der Waals surface area contributed by atoms with Crippen molar-refractivity contribution in [1.82, 2.24) is 20.6 Å². The first-order valence-electron chi connectivity index (χ1n) is 10.1. The summed E-state index contributed by atoms with van der Waals surface area (Å²) in [4.78, 5) is 33.4. The van der Waals surface area contributed by atoms with Crippen LogP contribution in [0.3, 0.4) is 0 Å². The smallest absolute Gasteiger partial charge is 0.271 e. The number of amides is 2. The van der Waals surface area contributed by atoms with E-state index < -0.39 is 0 Å². The number of aryl methyl sites for hydroxylation is 2. The van der Waals surface area contributed by atoms with Crippen LogP contribution in [0.5, 0.6) is 0 Å². The lowest BCUT2D eigenvalue weighted by Crippen LogP contribution is -2.37. The van der Waals surface area contributed by atoms with Crippen molar-refractivity contribution in [2.45, 2.75) is 51.5 Å². The Kier molecular flexibility index (Phi) is 6.75. The molecule has 1 atom stereocenters. The Morgan fingerprint density at radius 2 is 1.76 bits per heavy atom. The minimum Gasteiger partial charge on any atom is -0.348 e. The molecule has 0 saturated heterocycles. The molecule has 2 amide bonds. The van der Waals surface area contributed by atoms with E-state index in [1.807, 2.05) is 24.3 Å². The highest BCUT2D eigenvalue weighted by Gasteiger charge is 2.18. The van der Waals surface area contributed by atoms with Crippen LogP contribution in [-0.4, -0.2) is 28.3 Å². The standard InChI is InChI=1S/C23H28N4O2/c1-4-22(28)27-20(17-11-9-16(10-12-17)15(2)3)13-25-23(29)21-14-24-18-7-5-6-8-19(18)26-21/h4,9-12,14-15,20H,1,5-8,13H2,2-3H3,(H,25,29)(H,27,28). The number of benzene rings is 1. The first-order chi connectivity index (χ1) is 14.0. The first kappa shape index (κ1) is 20.7. The topological polar surface area (TPSA) is 84.0 Å². The SMILES string of the molecule is C=CC(=O)NC(CNC(=O)c1cnc2c(n1)CCCC2)c1ccc(C(C)C)cc1. The molecular formula is C23H28N4O2. The van der Waals surface area contributed by atoms with Crippen LogP contribution < -0.4 is 10.6 Å². The maximum Gasteiger partial charge on any atom is 0.271 e. The Morgan fingerprint density at radius 3 is 2.41 bits per heavy atom. The summed E-state index contributed by atoms with van der Waals surface area (Å²) in [6, 6.07) is 7.69. The van der Waals surface area contributed by atoms with Crippen molar-refractivity contribution in [3.05, 3.63) is 71.3 Å². The van der Waals surface area contributed by atoms with Crippen LogP contribution in [0.15, 0.2) is 43.1 Å². The molecule has 1 aliphatic rings. The highest BCUT2D eigenvalue weighted by Crippen LogP contribution is 2.19. The van der Waals surface area contributed by atoms with E-state index in [1.54, 1.807) is 0 Å². The molecule has 0 aliphatic heterocycles. The van der Waals surface area contributed by atoms with Crippen molar-refractivity contribution in [2.24, 2.45) is 0 Å². The predicted molar refractivity (Wildman–Crippen MR) is 113 cm³/mol. The average molecular weight is 393 g/mol. The van der Waals surface area contributed by atoms with Gasteiger partial charge < -0.3 is 10.6 Å². The summed E-state index contributed by atoms with van der Waals surface area (Å²) >= 11 is 0. The van der Waals surface area contributed by atoms with Gasteiger partial charge in [-0.2, -0.15) is 0 Å². The molecule has 1 aliphatic carbocycles. The Hall–Kier alpha value is -3.02. The van der Waals surface area contributed by atoms with Gasteiger partial charge in [-0.25, -0.2) is 4.98 Å². The minimum atomic E-state index is -0.365. The number of fused-ring (bicyclic) bond motifs is 1. The van der Waals surface area contributed by atoms with E-state index in [-0.39, 0.29) is 24.4 Å². The second-order valence-electron chi connectivity index (χ2n) is 7.65. The van der Waals surface area contributed by atoms with Crippen molar-refractivity contribution >= 4 is 11.8 Å². The Balaban J connectivity index is 1.71. The van der Waals surface area contributed by atoms with Gasteiger partial charge in [0.05, 0.1) is 23.6 Å². The summed E-state index contributed by atoms with van der Waals surface area (Å²) in [5.41, 5.74) is 4.37. The third kappa shape index (κ3) is 5.28. The van der Waals surface area contributed by atoms with E-state index in [0.29, 0.717) is 11.6 Å². The molecule has 6 heteroatoms. The fraction of sp³-hybridized carbons (Fsp3) is 0.391. The maximum absolute atomic E-state index is 12.6. The molecule has 0 radical (unpaired) electrons. The van der Waals surface area contributed by atoms with Crippen LogP contribution in [0.2, 0.25) is 0 Å². The zero-order chi connectivity index (χ0) is 20.8. The molecule has 0 bridgehead atoms. The van der Waals surface area contributed by atoms with Crippen LogP contribution >= 0.6 is 0 Å². The molecular weight excluding hydrogens is 364 g/mol. The molecule has 1 unspecified atom stereocenters. The number of rotatable bonds is 7. The summed E-state index contributed by atoms with van der Waals surface area (Å²) < 4.78 is 0. The van der Waals surface area contributed by atoms with Crippen LogP contribution in [-0.2, 0) is 17.6 Å². The lowest BCUT2D eigenvalue weighted by atomic mass is 9.99. The Morgan fingerprint density at radius 1 is 1.10 bits per heavy atom. The monoisotopic (exact) mass is 392 g/mol. The van der Waals surface area contributed by atoms with Gasteiger partial charge in [-0.05, 0) is 48.8 Å². The summed E-state index contributed by atoms with van der Waals surface area (Å²) in [7, 11) is 0. The number of hydrogen-bond donors (Lipinski definition) is 2. The van der Waals surface area contributed by atoms with Crippen LogP contribution in [0.1, 0.15) is 71.7 Å². The molecule has 2 N–H and O–H groups in total.